The minimum atomic E-state index is -0.128. The van der Waals surface area contributed by atoms with Gasteiger partial charge in [-0.2, -0.15) is 0 Å². The van der Waals surface area contributed by atoms with Crippen LogP contribution < -0.4 is 10.1 Å². The second kappa shape index (κ2) is 8.12. The van der Waals surface area contributed by atoms with Crippen molar-refractivity contribution in [1.29, 1.82) is 0 Å². The molecule has 0 unspecified atom stereocenters. The summed E-state index contributed by atoms with van der Waals surface area (Å²) < 4.78 is 5.85. The maximum Gasteiger partial charge on any atom is 0.267 e. The van der Waals surface area contributed by atoms with Crippen LogP contribution in [-0.2, 0) is 4.79 Å². The SMILES string of the molecule is COc1ccccc1C=C1SC(=S)N(CNc2ccc(C)c(Cl)c2)C1=O. The van der Waals surface area contributed by atoms with E-state index >= 15 is 0 Å². The summed E-state index contributed by atoms with van der Waals surface area (Å²) in [5.41, 5.74) is 2.68. The number of methoxy groups -OCH3 is 1. The summed E-state index contributed by atoms with van der Waals surface area (Å²) in [4.78, 5) is 14.8. The summed E-state index contributed by atoms with van der Waals surface area (Å²) in [5.74, 6) is 0.585. The molecule has 0 bridgehead atoms. The number of thioether (sulfide) groups is 1. The van der Waals surface area contributed by atoms with Crippen LogP contribution in [-0.4, -0.2) is 28.9 Å². The molecule has 1 aliphatic rings. The second-order valence-electron chi connectivity index (χ2n) is 5.65. The normalized spacial score (nSPS) is 15.7. The number of halogens is 1. The Balaban J connectivity index is 1.74. The van der Waals surface area contributed by atoms with E-state index in [1.165, 1.54) is 16.7 Å². The number of thiocarbonyl (C=S) groups is 1. The minimum absolute atomic E-state index is 0.128. The fraction of sp³-hybridized carbons (Fsp3) is 0.158. The minimum Gasteiger partial charge on any atom is -0.496 e. The molecule has 2 aromatic rings. The summed E-state index contributed by atoms with van der Waals surface area (Å²) in [6.45, 7) is 2.23. The van der Waals surface area contributed by atoms with Gasteiger partial charge in [-0.1, -0.05) is 59.8 Å². The third-order valence-corrected chi connectivity index (χ3v) is 5.70. The van der Waals surface area contributed by atoms with Crippen LogP contribution in [0.15, 0.2) is 47.4 Å². The number of hydrogen-bond donors (Lipinski definition) is 1. The van der Waals surface area contributed by atoms with Crippen molar-refractivity contribution in [3.8, 4) is 5.75 Å². The van der Waals surface area contributed by atoms with Crippen LogP contribution in [0.5, 0.6) is 5.75 Å². The number of nitrogens with zero attached hydrogens (tertiary/aromatic N) is 1. The van der Waals surface area contributed by atoms with Crippen molar-refractivity contribution in [2.75, 3.05) is 19.1 Å². The third-order valence-electron chi connectivity index (χ3n) is 3.91. The topological polar surface area (TPSA) is 41.6 Å². The average Bonchev–Trinajstić information content (AvgIpc) is 2.90. The van der Waals surface area contributed by atoms with Crippen molar-refractivity contribution >= 4 is 57.6 Å². The highest BCUT2D eigenvalue weighted by atomic mass is 35.5. The molecule has 26 heavy (non-hydrogen) atoms. The van der Waals surface area contributed by atoms with E-state index in [2.05, 4.69) is 5.32 Å². The van der Waals surface area contributed by atoms with Gasteiger partial charge >= 0.3 is 0 Å². The molecule has 134 valence electrons. The fourth-order valence-corrected chi connectivity index (χ4v) is 3.86. The Labute approximate surface area is 167 Å². The lowest BCUT2D eigenvalue weighted by Crippen LogP contribution is -2.33. The Bertz CT molecular complexity index is 899. The van der Waals surface area contributed by atoms with Crippen LogP contribution in [0.3, 0.4) is 0 Å². The van der Waals surface area contributed by atoms with Crippen LogP contribution >= 0.6 is 35.6 Å². The van der Waals surface area contributed by atoms with E-state index in [1.54, 1.807) is 13.2 Å². The van der Waals surface area contributed by atoms with Crippen molar-refractivity contribution in [1.82, 2.24) is 4.90 Å². The molecule has 1 N–H and O–H groups in total. The first-order valence-electron chi connectivity index (χ1n) is 7.88. The Hall–Kier alpha value is -2.02. The smallest absolute Gasteiger partial charge is 0.267 e. The van der Waals surface area contributed by atoms with Crippen LogP contribution in [0, 0.1) is 6.92 Å². The van der Waals surface area contributed by atoms with E-state index in [1.807, 2.05) is 49.4 Å². The molecule has 1 fully saturated rings. The van der Waals surface area contributed by atoms with E-state index in [4.69, 9.17) is 28.6 Å². The number of nitrogens with one attached hydrogen (secondary N) is 1. The first-order chi connectivity index (χ1) is 12.5. The van der Waals surface area contributed by atoms with Crippen molar-refractivity contribution in [2.24, 2.45) is 0 Å². The number of hydrogen-bond acceptors (Lipinski definition) is 5. The van der Waals surface area contributed by atoms with Gasteiger partial charge in [0.05, 0.1) is 18.7 Å². The number of rotatable bonds is 5. The predicted molar refractivity (Wildman–Crippen MR) is 113 cm³/mol. The monoisotopic (exact) mass is 404 g/mol. The first-order valence-corrected chi connectivity index (χ1v) is 9.48. The molecule has 0 aliphatic carbocycles. The first kappa shape index (κ1) is 18.8. The predicted octanol–water partition coefficient (Wildman–Crippen LogP) is 4.93. The number of anilines is 1. The molecule has 4 nitrogen and oxygen atoms in total. The van der Waals surface area contributed by atoms with Crippen LogP contribution in [0.25, 0.3) is 6.08 Å². The highest BCUT2D eigenvalue weighted by Gasteiger charge is 2.32. The number of amides is 1. The zero-order valence-corrected chi connectivity index (χ0v) is 16.7. The second-order valence-corrected chi connectivity index (χ2v) is 7.73. The van der Waals surface area contributed by atoms with Gasteiger partial charge in [0.1, 0.15) is 10.1 Å². The van der Waals surface area contributed by atoms with E-state index in [0.29, 0.717) is 20.0 Å². The highest BCUT2D eigenvalue weighted by Crippen LogP contribution is 2.34. The maximum absolute atomic E-state index is 12.7. The summed E-state index contributed by atoms with van der Waals surface area (Å²) >= 11 is 12.8. The molecular weight excluding hydrogens is 388 g/mol. The van der Waals surface area contributed by atoms with E-state index in [0.717, 1.165) is 16.8 Å². The number of carbonyl (C=O) groups excluding carboxylic acids is 1. The van der Waals surface area contributed by atoms with Gasteiger partial charge in [-0.05, 0) is 36.8 Å². The van der Waals surface area contributed by atoms with Crippen LogP contribution in [0.4, 0.5) is 5.69 Å². The number of ether oxygens (including phenoxy) is 1. The Morgan fingerprint density at radius 3 is 2.81 bits per heavy atom. The van der Waals surface area contributed by atoms with Gasteiger partial charge in [-0.15, -0.1) is 0 Å². The van der Waals surface area contributed by atoms with E-state index in [9.17, 15) is 4.79 Å². The van der Waals surface area contributed by atoms with Crippen LogP contribution in [0.1, 0.15) is 11.1 Å². The quantitative estimate of drug-likeness (QED) is 0.565. The summed E-state index contributed by atoms with van der Waals surface area (Å²) in [6, 6.07) is 13.2. The zero-order valence-electron chi connectivity index (χ0n) is 14.3. The van der Waals surface area contributed by atoms with Gasteiger partial charge in [0.15, 0.2) is 0 Å². The maximum atomic E-state index is 12.7. The molecule has 0 spiro atoms. The highest BCUT2D eigenvalue weighted by molar-refractivity contribution is 8.26. The van der Waals surface area contributed by atoms with Crippen LogP contribution in [0.2, 0.25) is 5.02 Å². The lowest BCUT2D eigenvalue weighted by Gasteiger charge is -2.16. The molecule has 1 heterocycles. The van der Waals surface area contributed by atoms with Crippen molar-refractivity contribution in [3.05, 3.63) is 63.5 Å². The number of para-hydroxylation sites is 1. The van der Waals surface area contributed by atoms with Crippen molar-refractivity contribution < 1.29 is 9.53 Å². The Morgan fingerprint density at radius 2 is 2.08 bits per heavy atom. The lowest BCUT2D eigenvalue weighted by atomic mass is 10.2. The molecular formula is C19H17ClN2O2S2. The fourth-order valence-electron chi connectivity index (χ4n) is 2.44. The summed E-state index contributed by atoms with van der Waals surface area (Å²) in [6.07, 6.45) is 1.81. The Kier molecular flexibility index (Phi) is 5.86. The summed E-state index contributed by atoms with van der Waals surface area (Å²) in [7, 11) is 1.61. The van der Waals surface area contributed by atoms with Crippen molar-refractivity contribution in [3.63, 3.8) is 0 Å². The number of carbonyl (C=O) groups is 1. The molecule has 0 aromatic heterocycles. The standard InChI is InChI=1S/C19H17ClN2O2S2/c1-12-7-8-14(10-15(12)20)21-11-22-18(23)17(26-19(22)25)9-13-5-3-4-6-16(13)24-2/h3-10,21H,11H2,1-2H3. The molecule has 0 radical (unpaired) electrons. The van der Waals surface area contributed by atoms with Gasteiger partial charge in [-0.3, -0.25) is 9.69 Å². The number of aryl methyl sites for hydroxylation is 1. The third kappa shape index (κ3) is 4.03. The van der Waals surface area contributed by atoms with Gasteiger partial charge in [0, 0.05) is 16.3 Å². The molecule has 0 saturated carbocycles. The van der Waals surface area contributed by atoms with Gasteiger partial charge in [0.2, 0.25) is 0 Å². The molecule has 0 atom stereocenters. The zero-order chi connectivity index (χ0) is 18.7. The van der Waals surface area contributed by atoms with Gasteiger partial charge in [0.25, 0.3) is 5.91 Å². The average molecular weight is 405 g/mol. The van der Waals surface area contributed by atoms with E-state index in [-0.39, 0.29) is 12.6 Å². The number of benzene rings is 2. The lowest BCUT2D eigenvalue weighted by molar-refractivity contribution is -0.121. The van der Waals surface area contributed by atoms with Gasteiger partial charge in [-0.25, -0.2) is 0 Å². The largest absolute Gasteiger partial charge is 0.496 e. The molecule has 1 amide bonds. The molecule has 3 rings (SSSR count). The van der Waals surface area contributed by atoms with E-state index < -0.39 is 0 Å². The molecule has 1 saturated heterocycles. The summed E-state index contributed by atoms with van der Waals surface area (Å²) in [5, 5.41) is 3.87. The molecule has 1 aliphatic heterocycles. The van der Waals surface area contributed by atoms with Crippen molar-refractivity contribution in [2.45, 2.75) is 6.92 Å². The molecule has 2 aromatic carbocycles. The Morgan fingerprint density at radius 1 is 1.31 bits per heavy atom. The molecule has 7 heteroatoms. The van der Waals surface area contributed by atoms with Gasteiger partial charge < -0.3 is 10.1 Å².